The maximum atomic E-state index is 10.3. The molecule has 0 unspecified atom stereocenters. The molecule has 1 rings (SSSR count). The lowest BCUT2D eigenvalue weighted by atomic mass is 10.2. The number of nitrogens with two attached hydrogens (primary N) is 1. The molecular weight excluding hydrogens is 216 g/mol. The number of carbonyl (C=O) groups is 1. The summed E-state index contributed by atoms with van der Waals surface area (Å²) in [5.74, 6) is 6.01. The van der Waals surface area contributed by atoms with Gasteiger partial charge in [-0.1, -0.05) is 54.3 Å². The Morgan fingerprint density at radius 3 is 2.71 bits per heavy atom. The molecule has 0 fully saturated rings. The molecule has 0 bridgehead atoms. The highest BCUT2D eigenvalue weighted by atomic mass is 32.2. The zero-order valence-corrected chi connectivity index (χ0v) is 9.05. The van der Waals surface area contributed by atoms with Gasteiger partial charge in [0.05, 0.1) is 0 Å². The molecule has 0 aliphatic carbocycles. The molecule has 0 aliphatic rings. The molecule has 0 saturated heterocycles. The van der Waals surface area contributed by atoms with Crippen molar-refractivity contribution in [2.75, 3.05) is 0 Å². The lowest BCUT2D eigenvalue weighted by molar-refractivity contribution is -0.114. The number of nitrogens with zero attached hydrogens (tertiary/aromatic N) is 1. The first kappa shape index (κ1) is 11.2. The van der Waals surface area contributed by atoms with Crippen LogP contribution in [0.1, 0.15) is 5.56 Å². The second-order valence-electron chi connectivity index (χ2n) is 2.55. The monoisotopic (exact) mass is 226 g/mol. The second-order valence-corrected chi connectivity index (χ2v) is 4.16. The van der Waals surface area contributed by atoms with Gasteiger partial charge in [0.2, 0.25) is 6.41 Å². The number of hydrogen-bond acceptors (Lipinski definition) is 4. The molecule has 1 aromatic rings. The van der Waals surface area contributed by atoms with Gasteiger partial charge in [-0.25, -0.2) is 10.9 Å². The minimum absolute atomic E-state index is 0.379. The fraction of sp³-hybridized carbons (Fsp3) is 0.111. The average Bonchev–Trinajstić information content (AvgIpc) is 2.26. The van der Waals surface area contributed by atoms with Crippen LogP contribution >= 0.6 is 24.0 Å². The van der Waals surface area contributed by atoms with Crippen LogP contribution in [0.25, 0.3) is 0 Å². The molecule has 0 heterocycles. The number of rotatable bonds is 3. The van der Waals surface area contributed by atoms with E-state index in [0.717, 1.165) is 16.3 Å². The third-order valence-electron chi connectivity index (χ3n) is 1.53. The van der Waals surface area contributed by atoms with Crippen molar-refractivity contribution in [3.8, 4) is 0 Å². The molecule has 0 spiro atoms. The highest BCUT2D eigenvalue weighted by molar-refractivity contribution is 8.22. The largest absolute Gasteiger partial charge is 0.277 e. The maximum Gasteiger partial charge on any atom is 0.229 e. The van der Waals surface area contributed by atoms with Gasteiger partial charge in [-0.15, -0.1) is 0 Å². The van der Waals surface area contributed by atoms with Gasteiger partial charge in [0.15, 0.2) is 4.32 Å². The van der Waals surface area contributed by atoms with Crippen molar-refractivity contribution in [2.24, 2.45) is 5.84 Å². The van der Waals surface area contributed by atoms with Crippen LogP contribution in [-0.2, 0) is 10.5 Å². The van der Waals surface area contributed by atoms with Crippen LogP contribution in [0.4, 0.5) is 0 Å². The topological polar surface area (TPSA) is 46.3 Å². The summed E-state index contributed by atoms with van der Waals surface area (Å²) in [5, 5.41) is 0.906. The number of amides is 1. The SMILES string of the molecule is NN(C=O)C(=S)SCc1ccccc1. The Hall–Kier alpha value is -0.910. The second kappa shape index (κ2) is 5.74. The van der Waals surface area contributed by atoms with Crippen molar-refractivity contribution < 1.29 is 4.79 Å². The van der Waals surface area contributed by atoms with E-state index in [1.165, 1.54) is 11.8 Å². The van der Waals surface area contributed by atoms with E-state index < -0.39 is 0 Å². The normalized spacial score (nSPS) is 9.50. The van der Waals surface area contributed by atoms with Crippen LogP contribution in [0.2, 0.25) is 0 Å². The highest BCUT2D eigenvalue weighted by Crippen LogP contribution is 2.14. The molecule has 3 nitrogen and oxygen atoms in total. The molecule has 0 saturated carbocycles. The summed E-state index contributed by atoms with van der Waals surface area (Å²) < 4.78 is 0.379. The minimum atomic E-state index is 0.379. The predicted molar refractivity (Wildman–Crippen MR) is 62.4 cm³/mol. The summed E-state index contributed by atoms with van der Waals surface area (Å²) in [6, 6.07) is 9.86. The summed E-state index contributed by atoms with van der Waals surface area (Å²) in [7, 11) is 0. The highest BCUT2D eigenvalue weighted by Gasteiger charge is 2.03. The molecule has 0 atom stereocenters. The first-order chi connectivity index (χ1) is 6.74. The molecule has 1 amide bonds. The van der Waals surface area contributed by atoms with Crippen LogP contribution in [0.15, 0.2) is 30.3 Å². The van der Waals surface area contributed by atoms with Gasteiger partial charge < -0.3 is 0 Å². The lowest BCUT2D eigenvalue weighted by Crippen LogP contribution is -2.32. The number of hydrazine groups is 1. The third-order valence-corrected chi connectivity index (χ3v) is 3.03. The van der Waals surface area contributed by atoms with E-state index in [2.05, 4.69) is 0 Å². The zero-order chi connectivity index (χ0) is 10.4. The maximum absolute atomic E-state index is 10.3. The van der Waals surface area contributed by atoms with E-state index in [4.69, 9.17) is 18.1 Å². The Kier molecular flexibility index (Phi) is 4.58. The van der Waals surface area contributed by atoms with E-state index in [-0.39, 0.29) is 0 Å². The van der Waals surface area contributed by atoms with Crippen LogP contribution in [0, 0.1) is 0 Å². The number of carbonyl (C=O) groups excluding carboxylic acids is 1. The van der Waals surface area contributed by atoms with Crippen molar-refractivity contribution >= 4 is 34.7 Å². The van der Waals surface area contributed by atoms with Gasteiger partial charge in [-0.3, -0.25) is 4.79 Å². The van der Waals surface area contributed by atoms with Crippen molar-refractivity contribution in [3.63, 3.8) is 0 Å². The summed E-state index contributed by atoms with van der Waals surface area (Å²) in [5.41, 5.74) is 1.15. The fourth-order valence-corrected chi connectivity index (χ4v) is 1.73. The molecule has 5 heteroatoms. The Morgan fingerprint density at radius 2 is 2.14 bits per heavy atom. The van der Waals surface area contributed by atoms with E-state index in [1.54, 1.807) is 0 Å². The van der Waals surface area contributed by atoms with Crippen LogP contribution in [0.3, 0.4) is 0 Å². The van der Waals surface area contributed by atoms with Crippen molar-refractivity contribution in [3.05, 3.63) is 35.9 Å². The van der Waals surface area contributed by atoms with Crippen molar-refractivity contribution in [1.29, 1.82) is 0 Å². The molecule has 0 aliphatic heterocycles. The summed E-state index contributed by atoms with van der Waals surface area (Å²) in [4.78, 5) is 10.3. The smallest absolute Gasteiger partial charge is 0.229 e. The molecule has 1 aromatic carbocycles. The predicted octanol–water partition coefficient (Wildman–Crippen LogP) is 1.54. The molecule has 2 N–H and O–H groups in total. The molecule has 74 valence electrons. The van der Waals surface area contributed by atoms with Crippen LogP contribution in [0.5, 0.6) is 0 Å². The number of benzene rings is 1. The number of thioether (sulfide) groups is 1. The lowest BCUT2D eigenvalue weighted by Gasteiger charge is -2.10. The summed E-state index contributed by atoms with van der Waals surface area (Å²) >= 11 is 6.27. The molecular formula is C9H10N2OS2. The molecule has 0 aromatic heterocycles. The first-order valence-corrected chi connectivity index (χ1v) is 5.33. The van der Waals surface area contributed by atoms with Gasteiger partial charge in [0.1, 0.15) is 0 Å². The quantitative estimate of drug-likeness (QED) is 0.279. The van der Waals surface area contributed by atoms with Gasteiger partial charge in [0.25, 0.3) is 0 Å². The van der Waals surface area contributed by atoms with Crippen molar-refractivity contribution in [2.45, 2.75) is 5.75 Å². The van der Waals surface area contributed by atoms with Crippen LogP contribution in [-0.4, -0.2) is 15.7 Å². The Labute approximate surface area is 92.2 Å². The Balaban J connectivity index is 2.42. The molecule has 0 radical (unpaired) electrons. The zero-order valence-electron chi connectivity index (χ0n) is 7.42. The van der Waals surface area contributed by atoms with Gasteiger partial charge in [0, 0.05) is 5.75 Å². The van der Waals surface area contributed by atoms with E-state index in [1.807, 2.05) is 30.3 Å². The van der Waals surface area contributed by atoms with Gasteiger partial charge >= 0.3 is 0 Å². The molecule has 14 heavy (non-hydrogen) atoms. The van der Waals surface area contributed by atoms with Gasteiger partial charge in [-0.05, 0) is 5.56 Å². The van der Waals surface area contributed by atoms with Crippen molar-refractivity contribution in [1.82, 2.24) is 5.01 Å². The van der Waals surface area contributed by atoms with E-state index in [0.29, 0.717) is 10.7 Å². The first-order valence-electron chi connectivity index (χ1n) is 3.94. The van der Waals surface area contributed by atoms with Crippen LogP contribution < -0.4 is 5.84 Å². The average molecular weight is 226 g/mol. The minimum Gasteiger partial charge on any atom is -0.277 e. The van der Waals surface area contributed by atoms with E-state index >= 15 is 0 Å². The Bertz CT molecular complexity index is 316. The third kappa shape index (κ3) is 3.45. The van der Waals surface area contributed by atoms with Gasteiger partial charge in [-0.2, -0.15) is 0 Å². The van der Waals surface area contributed by atoms with E-state index in [9.17, 15) is 4.79 Å². The Morgan fingerprint density at radius 1 is 1.50 bits per heavy atom. The number of hydrogen-bond donors (Lipinski definition) is 1. The standard InChI is InChI=1S/C9H10N2OS2/c10-11(7-12)9(13)14-6-8-4-2-1-3-5-8/h1-5,7H,6,10H2. The summed E-state index contributed by atoms with van der Waals surface area (Å²) in [6.07, 6.45) is 0.500. The number of thiocarbonyl (C=S) groups is 1. The summed E-state index contributed by atoms with van der Waals surface area (Å²) in [6.45, 7) is 0. The fourth-order valence-electron chi connectivity index (χ4n) is 0.837.